The highest BCUT2D eigenvalue weighted by molar-refractivity contribution is 5.10. The van der Waals surface area contributed by atoms with Crippen LogP contribution in [0.3, 0.4) is 0 Å². The first-order valence-corrected chi connectivity index (χ1v) is 10.5. The zero-order valence-corrected chi connectivity index (χ0v) is 16.9. The van der Waals surface area contributed by atoms with Gasteiger partial charge in [-0.15, -0.1) is 0 Å². The third-order valence-corrected chi connectivity index (χ3v) is 5.92. The molecule has 2 aliphatic rings. The molecular formula is C21H36N4O. The van der Waals surface area contributed by atoms with Crippen LogP contribution in [0.1, 0.15) is 65.0 Å². The lowest BCUT2D eigenvalue weighted by molar-refractivity contribution is 0.181. The van der Waals surface area contributed by atoms with Crippen molar-refractivity contribution < 1.29 is 0 Å². The second-order valence-corrected chi connectivity index (χ2v) is 9.08. The molecule has 0 aromatic carbocycles. The molecule has 3 heterocycles. The van der Waals surface area contributed by atoms with Crippen LogP contribution in [0.15, 0.2) is 16.9 Å². The number of hydrogen-bond donors (Lipinski definition) is 0. The fourth-order valence-corrected chi connectivity index (χ4v) is 4.21. The molecule has 0 aliphatic carbocycles. The number of hydrogen-bond acceptors (Lipinski definition) is 4. The number of nitrogens with zero attached hydrogens (tertiary/aromatic N) is 4. The lowest BCUT2D eigenvalue weighted by Gasteiger charge is -2.28. The molecule has 0 amide bonds. The molecule has 0 bridgehead atoms. The molecule has 0 radical (unpaired) electrons. The van der Waals surface area contributed by atoms with Crippen LogP contribution >= 0.6 is 0 Å². The Morgan fingerprint density at radius 2 is 1.73 bits per heavy atom. The number of rotatable bonds is 5. The lowest BCUT2D eigenvalue weighted by atomic mass is 9.92. The van der Waals surface area contributed by atoms with Crippen LogP contribution in [0, 0.1) is 0 Å². The summed E-state index contributed by atoms with van der Waals surface area (Å²) < 4.78 is 1.70. The van der Waals surface area contributed by atoms with Gasteiger partial charge in [-0.2, -0.15) is 5.10 Å². The van der Waals surface area contributed by atoms with Crippen LogP contribution < -0.4 is 5.56 Å². The SMILES string of the molecule is CC(C)(C)c1ccc(=O)n(CC2CCCN2CCN2CCCCCC2)n1. The van der Waals surface area contributed by atoms with Crippen LogP contribution in [0.2, 0.25) is 0 Å². The van der Waals surface area contributed by atoms with Gasteiger partial charge >= 0.3 is 0 Å². The molecule has 5 heteroatoms. The zero-order valence-electron chi connectivity index (χ0n) is 16.9. The summed E-state index contributed by atoms with van der Waals surface area (Å²) in [5, 5.41) is 4.67. The van der Waals surface area contributed by atoms with Gasteiger partial charge in [-0.3, -0.25) is 9.69 Å². The summed E-state index contributed by atoms with van der Waals surface area (Å²) in [6.07, 6.45) is 7.89. The van der Waals surface area contributed by atoms with Crippen LogP contribution in [-0.2, 0) is 12.0 Å². The van der Waals surface area contributed by atoms with Gasteiger partial charge in [0.2, 0.25) is 0 Å². The van der Waals surface area contributed by atoms with Gasteiger partial charge in [-0.25, -0.2) is 4.68 Å². The minimum Gasteiger partial charge on any atom is -0.302 e. The fraction of sp³-hybridized carbons (Fsp3) is 0.810. The topological polar surface area (TPSA) is 41.4 Å². The van der Waals surface area contributed by atoms with E-state index in [1.807, 2.05) is 6.07 Å². The van der Waals surface area contributed by atoms with E-state index in [9.17, 15) is 4.79 Å². The second kappa shape index (κ2) is 8.66. The van der Waals surface area contributed by atoms with Crippen molar-refractivity contribution in [1.29, 1.82) is 0 Å². The number of aromatic nitrogens is 2. The van der Waals surface area contributed by atoms with Gasteiger partial charge in [0.25, 0.3) is 5.56 Å². The van der Waals surface area contributed by atoms with Crippen molar-refractivity contribution in [3.63, 3.8) is 0 Å². The van der Waals surface area contributed by atoms with Crippen molar-refractivity contribution in [2.45, 2.75) is 77.3 Å². The fourth-order valence-electron chi connectivity index (χ4n) is 4.21. The Bertz CT molecular complexity index is 626. The summed E-state index contributed by atoms with van der Waals surface area (Å²) in [6.45, 7) is 13.1. The molecule has 0 spiro atoms. The maximum absolute atomic E-state index is 12.3. The van der Waals surface area contributed by atoms with Gasteiger partial charge in [-0.1, -0.05) is 33.6 Å². The molecule has 1 unspecified atom stereocenters. The minimum atomic E-state index is -0.0302. The Morgan fingerprint density at radius 3 is 2.42 bits per heavy atom. The smallest absolute Gasteiger partial charge is 0.266 e. The Hall–Kier alpha value is -1.20. The van der Waals surface area contributed by atoms with E-state index in [2.05, 4.69) is 35.7 Å². The molecule has 1 aromatic rings. The Labute approximate surface area is 158 Å². The van der Waals surface area contributed by atoms with Crippen LogP contribution in [-0.4, -0.2) is 58.3 Å². The monoisotopic (exact) mass is 360 g/mol. The Balaban J connectivity index is 1.61. The van der Waals surface area contributed by atoms with Gasteiger partial charge in [0.1, 0.15) is 0 Å². The highest BCUT2D eigenvalue weighted by Crippen LogP contribution is 2.21. The third kappa shape index (κ3) is 5.17. The molecule has 5 nitrogen and oxygen atoms in total. The summed E-state index contributed by atoms with van der Waals surface area (Å²) in [7, 11) is 0. The Kier molecular flexibility index (Phi) is 6.51. The van der Waals surface area contributed by atoms with E-state index in [1.165, 1.54) is 58.2 Å². The zero-order chi connectivity index (χ0) is 18.6. The summed E-state index contributed by atoms with van der Waals surface area (Å²) in [4.78, 5) is 17.5. The molecule has 0 N–H and O–H groups in total. The summed E-state index contributed by atoms with van der Waals surface area (Å²) in [5.41, 5.74) is 0.987. The van der Waals surface area contributed by atoms with Crippen molar-refractivity contribution in [2.75, 3.05) is 32.7 Å². The third-order valence-electron chi connectivity index (χ3n) is 5.92. The first-order chi connectivity index (χ1) is 12.4. The molecule has 2 aliphatic heterocycles. The molecule has 146 valence electrons. The van der Waals surface area contributed by atoms with E-state index in [0.717, 1.165) is 25.3 Å². The normalized spacial score (nSPS) is 23.3. The van der Waals surface area contributed by atoms with Crippen LogP contribution in [0.25, 0.3) is 0 Å². The summed E-state index contributed by atoms with van der Waals surface area (Å²) in [6, 6.07) is 4.01. The Morgan fingerprint density at radius 1 is 1.00 bits per heavy atom. The number of likely N-dealkylation sites (tertiary alicyclic amines) is 2. The van der Waals surface area contributed by atoms with Crippen molar-refractivity contribution in [2.24, 2.45) is 0 Å². The first kappa shape index (κ1) is 19.6. The van der Waals surface area contributed by atoms with Crippen molar-refractivity contribution >= 4 is 0 Å². The highest BCUT2D eigenvalue weighted by atomic mass is 16.1. The summed E-state index contributed by atoms with van der Waals surface area (Å²) in [5.74, 6) is 0. The molecular weight excluding hydrogens is 324 g/mol. The molecule has 1 atom stereocenters. The van der Waals surface area contributed by atoms with Crippen LogP contribution in [0.5, 0.6) is 0 Å². The first-order valence-electron chi connectivity index (χ1n) is 10.5. The molecule has 2 saturated heterocycles. The van der Waals surface area contributed by atoms with E-state index in [-0.39, 0.29) is 11.0 Å². The van der Waals surface area contributed by atoms with E-state index in [4.69, 9.17) is 0 Å². The molecule has 1 aromatic heterocycles. The van der Waals surface area contributed by atoms with Gasteiger partial charge in [0, 0.05) is 30.6 Å². The maximum Gasteiger partial charge on any atom is 0.266 e. The maximum atomic E-state index is 12.3. The quantitative estimate of drug-likeness (QED) is 0.810. The van der Waals surface area contributed by atoms with E-state index >= 15 is 0 Å². The molecule has 26 heavy (non-hydrogen) atoms. The molecule has 3 rings (SSSR count). The van der Waals surface area contributed by atoms with Gasteiger partial charge in [0.05, 0.1) is 12.2 Å². The van der Waals surface area contributed by atoms with E-state index in [1.54, 1.807) is 10.7 Å². The van der Waals surface area contributed by atoms with Crippen molar-refractivity contribution in [3.8, 4) is 0 Å². The van der Waals surface area contributed by atoms with E-state index < -0.39 is 0 Å². The predicted molar refractivity (Wildman–Crippen MR) is 107 cm³/mol. The standard InChI is InChI=1S/C21H36N4O/c1-21(2,3)19-10-11-20(26)25(22-19)17-18-9-8-14-24(18)16-15-23-12-6-4-5-7-13-23/h10-11,18H,4-9,12-17H2,1-3H3. The van der Waals surface area contributed by atoms with Gasteiger partial charge in [-0.05, 0) is 51.4 Å². The highest BCUT2D eigenvalue weighted by Gasteiger charge is 2.26. The average molecular weight is 361 g/mol. The van der Waals surface area contributed by atoms with E-state index in [0.29, 0.717) is 6.04 Å². The molecule has 2 fully saturated rings. The average Bonchev–Trinajstić information content (AvgIpc) is 2.86. The minimum absolute atomic E-state index is 0.0253. The van der Waals surface area contributed by atoms with Gasteiger partial charge < -0.3 is 4.90 Å². The van der Waals surface area contributed by atoms with Crippen molar-refractivity contribution in [1.82, 2.24) is 19.6 Å². The molecule has 0 saturated carbocycles. The second-order valence-electron chi connectivity index (χ2n) is 9.08. The predicted octanol–water partition coefficient (Wildman–Crippen LogP) is 2.88. The lowest BCUT2D eigenvalue weighted by Crippen LogP contribution is -2.41. The largest absolute Gasteiger partial charge is 0.302 e. The summed E-state index contributed by atoms with van der Waals surface area (Å²) >= 11 is 0. The van der Waals surface area contributed by atoms with Crippen LogP contribution in [0.4, 0.5) is 0 Å². The van der Waals surface area contributed by atoms with Gasteiger partial charge in [0.15, 0.2) is 0 Å². The van der Waals surface area contributed by atoms with Crippen molar-refractivity contribution in [3.05, 3.63) is 28.2 Å².